The van der Waals surface area contributed by atoms with Gasteiger partial charge in [-0.15, -0.1) is 0 Å². The second-order valence-electron chi connectivity index (χ2n) is 4.13. The predicted molar refractivity (Wildman–Crippen MR) is 82.9 cm³/mol. The Labute approximate surface area is 129 Å². The molecule has 2 rings (SSSR count). The van der Waals surface area contributed by atoms with Crippen molar-refractivity contribution >= 4 is 37.7 Å². The lowest BCUT2D eigenvalue weighted by atomic mass is 10.1. The Morgan fingerprint density at radius 2 is 2.11 bits per heavy atom. The zero-order valence-electron chi connectivity index (χ0n) is 10.3. The van der Waals surface area contributed by atoms with Gasteiger partial charge in [-0.3, -0.25) is 0 Å². The van der Waals surface area contributed by atoms with Gasteiger partial charge in [-0.05, 0) is 55.6 Å². The average molecular weight is 381 g/mol. The van der Waals surface area contributed by atoms with Crippen LogP contribution in [0.15, 0.2) is 45.5 Å². The summed E-state index contributed by atoms with van der Waals surface area (Å²) in [5, 5.41) is 8.90. The summed E-state index contributed by atoms with van der Waals surface area (Å²) in [4.78, 5) is 6.42. The molecule has 0 atom stereocenters. The third-order valence-electron chi connectivity index (χ3n) is 2.63. The van der Waals surface area contributed by atoms with Gasteiger partial charge in [0.15, 0.2) is 0 Å². The number of aromatic nitrogens is 1. The molecule has 0 amide bonds. The van der Waals surface area contributed by atoms with Gasteiger partial charge < -0.3 is 4.90 Å². The lowest BCUT2D eigenvalue weighted by Crippen LogP contribution is -2.18. The van der Waals surface area contributed by atoms with E-state index in [-0.39, 0.29) is 0 Å². The van der Waals surface area contributed by atoms with Crippen LogP contribution in [0.1, 0.15) is 11.1 Å². The van der Waals surface area contributed by atoms with Crippen molar-refractivity contribution in [2.45, 2.75) is 6.54 Å². The van der Waals surface area contributed by atoms with Crippen molar-refractivity contribution in [2.24, 2.45) is 0 Å². The number of nitrogens with zero attached hydrogens (tertiary/aromatic N) is 3. The number of rotatable bonds is 3. The Balaban J connectivity index is 2.20. The van der Waals surface area contributed by atoms with E-state index >= 15 is 0 Å². The van der Waals surface area contributed by atoms with Gasteiger partial charge in [0.2, 0.25) is 0 Å². The highest BCUT2D eigenvalue weighted by molar-refractivity contribution is 9.11. The third kappa shape index (κ3) is 3.55. The van der Waals surface area contributed by atoms with Crippen LogP contribution in [0.25, 0.3) is 0 Å². The summed E-state index contributed by atoms with van der Waals surface area (Å²) in [5.74, 6) is 0.866. The van der Waals surface area contributed by atoms with Crippen molar-refractivity contribution in [1.82, 2.24) is 4.98 Å². The average Bonchev–Trinajstić information content (AvgIpc) is 2.38. The summed E-state index contributed by atoms with van der Waals surface area (Å²) in [7, 11) is 1.97. The highest BCUT2D eigenvalue weighted by Crippen LogP contribution is 2.26. The molecule has 0 fully saturated rings. The molecule has 0 N–H and O–H groups in total. The second kappa shape index (κ2) is 6.18. The van der Waals surface area contributed by atoms with E-state index in [0.717, 1.165) is 20.3 Å². The van der Waals surface area contributed by atoms with Crippen molar-refractivity contribution in [3.05, 3.63) is 56.6 Å². The first kappa shape index (κ1) is 14.0. The normalized spacial score (nSPS) is 10.0. The van der Waals surface area contributed by atoms with Crippen LogP contribution in [-0.4, -0.2) is 12.0 Å². The predicted octanol–water partition coefficient (Wildman–Crippen LogP) is 4.11. The first-order chi connectivity index (χ1) is 9.10. The molecule has 19 heavy (non-hydrogen) atoms. The highest BCUT2D eigenvalue weighted by atomic mass is 79.9. The van der Waals surface area contributed by atoms with E-state index in [0.29, 0.717) is 12.1 Å². The Kier molecular flexibility index (Phi) is 4.56. The second-order valence-corrected chi connectivity index (χ2v) is 5.90. The van der Waals surface area contributed by atoms with Crippen LogP contribution in [0.4, 0.5) is 5.82 Å². The molecule has 96 valence electrons. The molecule has 0 radical (unpaired) electrons. The molecular weight excluding hydrogens is 370 g/mol. The van der Waals surface area contributed by atoms with Gasteiger partial charge >= 0.3 is 0 Å². The maximum absolute atomic E-state index is 8.90. The summed E-state index contributed by atoms with van der Waals surface area (Å²) >= 11 is 6.89. The summed E-state index contributed by atoms with van der Waals surface area (Å²) in [6.07, 6.45) is 1.77. The molecule has 3 nitrogen and oxygen atoms in total. The first-order valence-electron chi connectivity index (χ1n) is 5.61. The Morgan fingerprint density at radius 3 is 2.79 bits per heavy atom. The highest BCUT2D eigenvalue weighted by Gasteiger charge is 2.08. The zero-order chi connectivity index (χ0) is 13.8. The van der Waals surface area contributed by atoms with Crippen LogP contribution < -0.4 is 4.90 Å². The van der Waals surface area contributed by atoms with Gasteiger partial charge in [0, 0.05) is 24.3 Å². The number of nitriles is 1. The lowest BCUT2D eigenvalue weighted by Gasteiger charge is -2.19. The monoisotopic (exact) mass is 379 g/mol. The largest absolute Gasteiger partial charge is 0.354 e. The maximum atomic E-state index is 8.90. The molecule has 0 aliphatic heterocycles. The van der Waals surface area contributed by atoms with Gasteiger partial charge in [0.1, 0.15) is 5.82 Å². The molecule has 0 unspecified atom stereocenters. The molecule has 0 saturated carbocycles. The van der Waals surface area contributed by atoms with Crippen molar-refractivity contribution < 1.29 is 0 Å². The van der Waals surface area contributed by atoms with E-state index < -0.39 is 0 Å². The van der Waals surface area contributed by atoms with E-state index in [4.69, 9.17) is 5.26 Å². The molecule has 0 saturated heterocycles. The van der Waals surface area contributed by atoms with Crippen molar-refractivity contribution in [2.75, 3.05) is 11.9 Å². The minimum Gasteiger partial charge on any atom is -0.354 e. The summed E-state index contributed by atoms with van der Waals surface area (Å²) in [6, 6.07) is 11.7. The number of halogens is 2. The minimum atomic E-state index is 0.675. The quantitative estimate of drug-likeness (QED) is 0.804. The molecule has 1 aromatic carbocycles. The van der Waals surface area contributed by atoms with Crippen LogP contribution in [0.3, 0.4) is 0 Å². The third-order valence-corrected chi connectivity index (χ3v) is 3.64. The number of hydrogen-bond acceptors (Lipinski definition) is 3. The van der Waals surface area contributed by atoms with Gasteiger partial charge in [0.05, 0.1) is 16.1 Å². The van der Waals surface area contributed by atoms with Crippen LogP contribution in [0.2, 0.25) is 0 Å². The molecular formula is C14H11Br2N3. The topological polar surface area (TPSA) is 39.9 Å². The first-order valence-corrected chi connectivity index (χ1v) is 7.20. The molecule has 1 aromatic heterocycles. The Hall–Kier alpha value is -1.38. The molecule has 0 aliphatic rings. The zero-order valence-corrected chi connectivity index (χ0v) is 13.4. The lowest BCUT2D eigenvalue weighted by molar-refractivity contribution is 0.893. The summed E-state index contributed by atoms with van der Waals surface area (Å²) in [6.45, 7) is 0.697. The molecule has 1 heterocycles. The van der Waals surface area contributed by atoms with Gasteiger partial charge in [-0.2, -0.15) is 5.26 Å². The fraction of sp³-hybridized carbons (Fsp3) is 0.143. The van der Waals surface area contributed by atoms with E-state index in [1.807, 2.05) is 36.2 Å². The molecule has 5 heteroatoms. The van der Waals surface area contributed by atoms with Crippen molar-refractivity contribution in [1.29, 1.82) is 5.26 Å². The van der Waals surface area contributed by atoms with Crippen LogP contribution in [0.5, 0.6) is 0 Å². The van der Waals surface area contributed by atoms with E-state index in [1.165, 1.54) is 0 Å². The van der Waals surface area contributed by atoms with E-state index in [9.17, 15) is 0 Å². The van der Waals surface area contributed by atoms with Gasteiger partial charge in [0.25, 0.3) is 0 Å². The van der Waals surface area contributed by atoms with Crippen LogP contribution >= 0.6 is 31.9 Å². The summed E-state index contributed by atoms with van der Waals surface area (Å²) < 4.78 is 1.86. The summed E-state index contributed by atoms with van der Waals surface area (Å²) in [5.41, 5.74) is 1.76. The maximum Gasteiger partial charge on any atom is 0.142 e. The Morgan fingerprint density at radius 1 is 1.32 bits per heavy atom. The van der Waals surface area contributed by atoms with Crippen molar-refractivity contribution in [3.63, 3.8) is 0 Å². The number of hydrogen-bond donors (Lipinski definition) is 0. The van der Waals surface area contributed by atoms with E-state index in [1.54, 1.807) is 12.3 Å². The standard InChI is InChI=1S/C14H11Br2N3/c1-19(14-13(16)6-12(15)8-18-14)9-11-4-2-3-10(5-11)7-17/h2-6,8H,9H2,1H3. The van der Waals surface area contributed by atoms with Gasteiger partial charge in [-0.25, -0.2) is 4.98 Å². The minimum absolute atomic E-state index is 0.675. The van der Waals surface area contributed by atoms with Crippen LogP contribution in [0, 0.1) is 11.3 Å². The molecule has 2 aromatic rings. The van der Waals surface area contributed by atoms with Crippen LogP contribution in [-0.2, 0) is 6.54 Å². The number of pyridine rings is 1. The SMILES string of the molecule is CN(Cc1cccc(C#N)c1)c1ncc(Br)cc1Br. The smallest absolute Gasteiger partial charge is 0.142 e. The van der Waals surface area contributed by atoms with E-state index in [2.05, 4.69) is 42.9 Å². The van der Waals surface area contributed by atoms with Gasteiger partial charge in [-0.1, -0.05) is 12.1 Å². The number of anilines is 1. The molecule has 0 bridgehead atoms. The Bertz CT molecular complexity index is 635. The fourth-order valence-electron chi connectivity index (χ4n) is 1.78. The molecule has 0 spiro atoms. The number of benzene rings is 1. The molecule has 0 aliphatic carbocycles. The fourth-order valence-corrected chi connectivity index (χ4v) is 3.07. The van der Waals surface area contributed by atoms with Crippen molar-refractivity contribution in [3.8, 4) is 6.07 Å².